The number of hydrogen-bond donors (Lipinski definition) is 1. The zero-order valence-corrected chi connectivity index (χ0v) is 12.7. The average Bonchev–Trinajstić information content (AvgIpc) is 2.40. The van der Waals surface area contributed by atoms with Crippen molar-refractivity contribution in [1.82, 2.24) is 10.2 Å². The minimum absolute atomic E-state index is 0. The van der Waals surface area contributed by atoms with Crippen LogP contribution in [0.15, 0.2) is 24.3 Å². The van der Waals surface area contributed by atoms with E-state index < -0.39 is 17.4 Å². The highest BCUT2D eigenvalue weighted by Gasteiger charge is 2.34. The first-order valence-electron chi connectivity index (χ1n) is 6.07. The van der Waals surface area contributed by atoms with Gasteiger partial charge in [0.05, 0.1) is 10.5 Å². The molecule has 1 aliphatic heterocycles. The summed E-state index contributed by atoms with van der Waals surface area (Å²) < 4.78 is 26.7. The predicted molar refractivity (Wildman–Crippen MR) is 80.8 cm³/mol. The van der Waals surface area contributed by atoms with Crippen molar-refractivity contribution in [1.29, 1.82) is 0 Å². The van der Waals surface area contributed by atoms with E-state index in [-0.39, 0.29) is 36.1 Å². The van der Waals surface area contributed by atoms with Crippen molar-refractivity contribution in [2.75, 3.05) is 26.2 Å². The molecule has 2 rings (SSSR count). The van der Waals surface area contributed by atoms with Crippen LogP contribution in [0.4, 0.5) is 14.5 Å². The molecule has 0 amide bonds. The Hall–Kier alpha value is -1.02. The lowest BCUT2D eigenvalue weighted by Gasteiger charge is -2.34. The Morgan fingerprint density at radius 3 is 2.29 bits per heavy atom. The van der Waals surface area contributed by atoms with Crippen molar-refractivity contribution in [3.05, 3.63) is 39.9 Å². The first-order valence-corrected chi connectivity index (χ1v) is 6.07. The number of benzene rings is 1. The molecule has 0 unspecified atom stereocenters. The number of hydrogen-bond acceptors (Lipinski definition) is 4. The van der Waals surface area contributed by atoms with Crippen LogP contribution in [0.1, 0.15) is 11.6 Å². The molecule has 0 bridgehead atoms. The Balaban J connectivity index is 0.00000200. The highest BCUT2D eigenvalue weighted by Crippen LogP contribution is 2.33. The van der Waals surface area contributed by atoms with E-state index in [1.54, 1.807) is 11.0 Å². The largest absolute Gasteiger partial charge is 0.314 e. The van der Waals surface area contributed by atoms with Gasteiger partial charge in [0.2, 0.25) is 0 Å². The van der Waals surface area contributed by atoms with E-state index in [2.05, 4.69) is 5.32 Å². The number of piperazine rings is 1. The molecule has 1 saturated heterocycles. The summed E-state index contributed by atoms with van der Waals surface area (Å²) in [5.74, 6) is 0. The molecule has 1 aromatic carbocycles. The summed E-state index contributed by atoms with van der Waals surface area (Å²) in [6, 6.07) is 4.51. The van der Waals surface area contributed by atoms with Crippen LogP contribution < -0.4 is 5.32 Å². The van der Waals surface area contributed by atoms with Crippen LogP contribution in [0.2, 0.25) is 0 Å². The number of nitro groups is 1. The maximum Gasteiger partial charge on any atom is 0.274 e. The van der Waals surface area contributed by atoms with Crippen molar-refractivity contribution >= 4 is 30.5 Å². The molecule has 0 radical (unpaired) electrons. The van der Waals surface area contributed by atoms with Crippen molar-refractivity contribution in [3.8, 4) is 0 Å². The van der Waals surface area contributed by atoms with Crippen LogP contribution in [-0.4, -0.2) is 42.4 Å². The lowest BCUT2D eigenvalue weighted by molar-refractivity contribution is -0.386. The van der Waals surface area contributed by atoms with Crippen LogP contribution in [0, 0.1) is 10.1 Å². The predicted octanol–water partition coefficient (Wildman–Crippen LogP) is 2.65. The van der Waals surface area contributed by atoms with Gasteiger partial charge in [-0.2, -0.15) is 0 Å². The van der Waals surface area contributed by atoms with Crippen molar-refractivity contribution in [2.24, 2.45) is 0 Å². The highest BCUT2D eigenvalue weighted by molar-refractivity contribution is 5.85. The van der Waals surface area contributed by atoms with Gasteiger partial charge in [0, 0.05) is 32.2 Å². The van der Waals surface area contributed by atoms with Gasteiger partial charge in [-0.05, 0) is 0 Å². The lowest BCUT2D eigenvalue weighted by Crippen LogP contribution is -2.47. The van der Waals surface area contributed by atoms with E-state index in [4.69, 9.17) is 0 Å². The Morgan fingerprint density at radius 1 is 1.19 bits per heavy atom. The number of nitrogens with zero attached hydrogens (tertiary/aromatic N) is 2. The third kappa shape index (κ3) is 4.74. The first kappa shape index (κ1) is 20.0. The molecular weight excluding hydrogens is 327 g/mol. The third-order valence-corrected chi connectivity index (χ3v) is 3.24. The van der Waals surface area contributed by atoms with Gasteiger partial charge in [0.1, 0.15) is 6.04 Å². The molecule has 1 aromatic rings. The third-order valence-electron chi connectivity index (χ3n) is 3.24. The summed E-state index contributed by atoms with van der Waals surface area (Å²) in [5.41, 5.74) is -0.157. The molecule has 1 heterocycles. The topological polar surface area (TPSA) is 58.4 Å². The van der Waals surface area contributed by atoms with Gasteiger partial charge in [0.25, 0.3) is 12.1 Å². The van der Waals surface area contributed by atoms with Gasteiger partial charge in [-0.15, -0.1) is 24.8 Å². The molecular formula is C12H17Cl2F2N3O2. The molecule has 21 heavy (non-hydrogen) atoms. The number of nitro benzene ring substituents is 1. The molecule has 1 fully saturated rings. The molecule has 1 N–H and O–H groups in total. The Morgan fingerprint density at radius 2 is 1.76 bits per heavy atom. The Labute approximate surface area is 133 Å². The summed E-state index contributed by atoms with van der Waals surface area (Å²) in [7, 11) is 0. The fraction of sp³-hybridized carbons (Fsp3) is 0.500. The molecule has 0 saturated carbocycles. The fourth-order valence-corrected chi connectivity index (χ4v) is 2.36. The van der Waals surface area contributed by atoms with Crippen molar-refractivity contribution in [3.63, 3.8) is 0 Å². The minimum Gasteiger partial charge on any atom is -0.314 e. The van der Waals surface area contributed by atoms with Crippen LogP contribution in [0.25, 0.3) is 0 Å². The molecule has 120 valence electrons. The van der Waals surface area contributed by atoms with Gasteiger partial charge in [0.15, 0.2) is 0 Å². The number of alkyl halides is 2. The molecule has 9 heteroatoms. The molecule has 1 aliphatic rings. The fourth-order valence-electron chi connectivity index (χ4n) is 2.36. The Kier molecular flexibility index (Phi) is 8.65. The molecule has 0 aliphatic carbocycles. The molecule has 1 atom stereocenters. The lowest BCUT2D eigenvalue weighted by atomic mass is 10.0. The van der Waals surface area contributed by atoms with E-state index in [9.17, 15) is 18.9 Å². The standard InChI is InChI=1S/C12H15F2N3O2.2ClH/c13-12(14)11(16-7-5-15-6-8-16)9-3-1-2-4-10(9)17(18)19;;/h1-4,11-12,15H,5-8H2;2*1H/t11-;;/m0../s1. The Bertz CT molecular complexity index is 460. The summed E-state index contributed by atoms with van der Waals surface area (Å²) >= 11 is 0. The number of halogens is 4. The van der Waals surface area contributed by atoms with Crippen LogP contribution in [-0.2, 0) is 0 Å². The second-order valence-electron chi connectivity index (χ2n) is 4.38. The van der Waals surface area contributed by atoms with E-state index >= 15 is 0 Å². The minimum atomic E-state index is -2.65. The van der Waals surface area contributed by atoms with E-state index in [1.807, 2.05) is 0 Å². The molecule has 0 aromatic heterocycles. The summed E-state index contributed by atoms with van der Waals surface area (Å²) in [4.78, 5) is 12.0. The summed E-state index contributed by atoms with van der Waals surface area (Å²) in [6.07, 6.45) is -2.65. The van der Waals surface area contributed by atoms with Gasteiger partial charge < -0.3 is 5.32 Å². The van der Waals surface area contributed by atoms with Gasteiger partial charge in [-0.1, -0.05) is 18.2 Å². The summed E-state index contributed by atoms with van der Waals surface area (Å²) in [5, 5.41) is 14.0. The summed E-state index contributed by atoms with van der Waals surface area (Å²) in [6.45, 7) is 2.15. The molecule has 5 nitrogen and oxygen atoms in total. The zero-order chi connectivity index (χ0) is 13.8. The first-order chi connectivity index (χ1) is 9.11. The SMILES string of the molecule is Cl.Cl.O=[N+]([O-])c1ccccc1[C@@H](C(F)F)N1CCNCC1. The average molecular weight is 344 g/mol. The van der Waals surface area contributed by atoms with Crippen molar-refractivity contribution < 1.29 is 13.7 Å². The van der Waals surface area contributed by atoms with E-state index in [0.29, 0.717) is 26.2 Å². The van der Waals surface area contributed by atoms with Crippen LogP contribution >= 0.6 is 24.8 Å². The normalized spacial score (nSPS) is 16.7. The second-order valence-corrected chi connectivity index (χ2v) is 4.38. The van der Waals surface area contributed by atoms with Crippen LogP contribution in [0.5, 0.6) is 0 Å². The number of para-hydroxylation sites is 1. The smallest absolute Gasteiger partial charge is 0.274 e. The quantitative estimate of drug-likeness (QED) is 0.674. The van der Waals surface area contributed by atoms with E-state index in [1.165, 1.54) is 18.2 Å². The van der Waals surface area contributed by atoms with Crippen LogP contribution in [0.3, 0.4) is 0 Å². The second kappa shape index (κ2) is 9.09. The molecule has 0 spiro atoms. The maximum absolute atomic E-state index is 13.3. The van der Waals surface area contributed by atoms with Gasteiger partial charge in [-0.3, -0.25) is 15.0 Å². The van der Waals surface area contributed by atoms with E-state index in [0.717, 1.165) is 0 Å². The zero-order valence-electron chi connectivity index (χ0n) is 11.1. The van der Waals surface area contributed by atoms with Crippen molar-refractivity contribution in [2.45, 2.75) is 12.5 Å². The number of rotatable bonds is 4. The maximum atomic E-state index is 13.3. The highest BCUT2D eigenvalue weighted by atomic mass is 35.5. The van der Waals surface area contributed by atoms with Gasteiger partial charge in [-0.25, -0.2) is 8.78 Å². The number of nitrogens with one attached hydrogen (secondary N) is 1. The monoisotopic (exact) mass is 343 g/mol. The van der Waals surface area contributed by atoms with Gasteiger partial charge >= 0.3 is 0 Å².